The van der Waals surface area contributed by atoms with Crippen molar-refractivity contribution in [3.05, 3.63) is 77.5 Å². The average molecular weight is 533 g/mol. The lowest BCUT2D eigenvalue weighted by atomic mass is 10.1. The zero-order chi connectivity index (χ0) is 26.6. The maximum Gasteiger partial charge on any atom is 0.336 e. The van der Waals surface area contributed by atoms with Crippen molar-refractivity contribution >= 4 is 34.6 Å². The van der Waals surface area contributed by atoms with Gasteiger partial charge in [-0.05, 0) is 62.5 Å². The van der Waals surface area contributed by atoms with Crippen LogP contribution in [0.25, 0.3) is 22.3 Å². The van der Waals surface area contributed by atoms with E-state index in [9.17, 15) is 9.59 Å². The molecule has 2 aromatic heterocycles. The molecular weight excluding hydrogens is 508 g/mol. The van der Waals surface area contributed by atoms with Crippen molar-refractivity contribution < 1.29 is 23.8 Å². The molecule has 38 heavy (non-hydrogen) atoms. The number of halogens is 1. The lowest BCUT2D eigenvalue weighted by Gasteiger charge is -2.12. The highest BCUT2D eigenvalue weighted by Gasteiger charge is 2.26. The largest absolute Gasteiger partial charge is 0.494 e. The predicted octanol–water partition coefficient (Wildman–Crippen LogP) is 4.51. The lowest BCUT2D eigenvalue weighted by Crippen LogP contribution is -2.15. The van der Waals surface area contributed by atoms with Gasteiger partial charge in [0.05, 0.1) is 24.7 Å². The van der Waals surface area contributed by atoms with Gasteiger partial charge in [0, 0.05) is 29.3 Å². The third kappa shape index (κ3) is 5.69. The van der Waals surface area contributed by atoms with Gasteiger partial charge in [0.25, 0.3) is 0 Å². The van der Waals surface area contributed by atoms with Crippen LogP contribution in [0.3, 0.4) is 0 Å². The van der Waals surface area contributed by atoms with Gasteiger partial charge in [0.1, 0.15) is 11.4 Å². The summed E-state index contributed by atoms with van der Waals surface area (Å²) in [5.74, 6) is -0.549. The molecule has 0 aliphatic carbocycles. The Hall–Kier alpha value is -4.21. The second-order valence-electron chi connectivity index (χ2n) is 8.99. The number of aromatic nitrogens is 3. The Kier molecular flexibility index (Phi) is 7.39. The molecule has 2 aromatic carbocycles. The van der Waals surface area contributed by atoms with Crippen LogP contribution in [0.2, 0.25) is 5.02 Å². The number of rotatable bonds is 8. The molecule has 194 valence electrons. The third-order valence-electron chi connectivity index (χ3n) is 5.84. The number of ether oxygens (including phenoxy) is 3. The number of carbonyl (C=O) groups excluding carboxylic acids is 2. The predicted molar refractivity (Wildman–Crippen MR) is 143 cm³/mol. The summed E-state index contributed by atoms with van der Waals surface area (Å²) in [6, 6.07) is 14.9. The van der Waals surface area contributed by atoms with Crippen molar-refractivity contribution in [3.63, 3.8) is 0 Å². The molecule has 1 aliphatic heterocycles. The van der Waals surface area contributed by atoms with Crippen molar-refractivity contribution in [3.8, 4) is 28.5 Å². The number of hydrogen-bond acceptors (Lipinski definition) is 8. The first-order valence-electron chi connectivity index (χ1n) is 12.0. The van der Waals surface area contributed by atoms with Crippen LogP contribution < -0.4 is 14.2 Å². The minimum Gasteiger partial charge on any atom is -0.494 e. The quantitative estimate of drug-likeness (QED) is 0.241. The molecule has 0 unspecified atom stereocenters. The summed E-state index contributed by atoms with van der Waals surface area (Å²) in [7, 11) is 4.05. The normalized spacial score (nSPS) is 14.0. The van der Waals surface area contributed by atoms with Crippen LogP contribution in [0.4, 0.5) is 0 Å². The highest BCUT2D eigenvalue weighted by molar-refractivity contribution is 6.30. The standard InChI is InChI=1S/C28H25ClN4O5/c1-32(2)14-3-15-36-21-10-6-19(7-11-21)26-25-27-22(37-23(34)12-13-24(35)38-27)16-30-28(25)33(31-26)17-18-4-8-20(29)9-5-18/h4-13,16H,3,14-15,17H2,1-2H3/b13-12-. The molecular formula is C28H25ClN4O5. The number of fused-ring (bicyclic) bond motifs is 3. The highest BCUT2D eigenvalue weighted by Crippen LogP contribution is 2.41. The van der Waals surface area contributed by atoms with Crippen molar-refractivity contribution in [2.24, 2.45) is 0 Å². The molecule has 0 bridgehead atoms. The minimum atomic E-state index is -0.701. The van der Waals surface area contributed by atoms with E-state index in [2.05, 4.69) is 9.88 Å². The number of hydrogen-bond donors (Lipinski definition) is 0. The van der Waals surface area contributed by atoms with Crippen LogP contribution >= 0.6 is 11.6 Å². The highest BCUT2D eigenvalue weighted by atomic mass is 35.5. The van der Waals surface area contributed by atoms with Crippen molar-refractivity contribution in [1.82, 2.24) is 19.7 Å². The van der Waals surface area contributed by atoms with Gasteiger partial charge in [-0.1, -0.05) is 23.7 Å². The van der Waals surface area contributed by atoms with Gasteiger partial charge in [-0.3, -0.25) is 0 Å². The molecule has 4 aromatic rings. The van der Waals surface area contributed by atoms with E-state index >= 15 is 0 Å². The van der Waals surface area contributed by atoms with Crippen LogP contribution in [0.15, 0.2) is 66.9 Å². The monoisotopic (exact) mass is 532 g/mol. The Bertz CT molecular complexity index is 1510. The number of pyridine rings is 1. The van der Waals surface area contributed by atoms with Crippen molar-refractivity contribution in [1.29, 1.82) is 0 Å². The molecule has 1 aliphatic rings. The molecule has 0 fully saturated rings. The fourth-order valence-corrected chi connectivity index (χ4v) is 4.16. The molecule has 5 rings (SSSR count). The number of carbonyl (C=O) groups is 2. The molecule has 10 heteroatoms. The Labute approximate surface area is 224 Å². The Balaban J connectivity index is 1.56. The molecule has 0 saturated carbocycles. The second kappa shape index (κ2) is 11.0. The van der Waals surface area contributed by atoms with Gasteiger partial charge >= 0.3 is 11.9 Å². The minimum absolute atomic E-state index is 0.0355. The van der Waals surface area contributed by atoms with E-state index in [1.165, 1.54) is 6.20 Å². The summed E-state index contributed by atoms with van der Waals surface area (Å²) in [5.41, 5.74) is 2.68. The van der Waals surface area contributed by atoms with Crippen molar-refractivity contribution in [2.75, 3.05) is 27.2 Å². The molecule has 0 atom stereocenters. The molecule has 0 spiro atoms. The van der Waals surface area contributed by atoms with Gasteiger partial charge in [-0.25, -0.2) is 19.3 Å². The van der Waals surface area contributed by atoms with E-state index in [1.807, 2.05) is 50.5 Å². The van der Waals surface area contributed by atoms with Gasteiger partial charge in [-0.2, -0.15) is 5.10 Å². The summed E-state index contributed by atoms with van der Waals surface area (Å²) < 4.78 is 18.6. The number of esters is 2. The van der Waals surface area contributed by atoms with Crippen LogP contribution in [-0.2, 0) is 16.1 Å². The van der Waals surface area contributed by atoms with E-state index in [4.69, 9.17) is 30.9 Å². The van der Waals surface area contributed by atoms with Crippen LogP contribution in [0.5, 0.6) is 17.2 Å². The molecule has 0 amide bonds. The summed E-state index contributed by atoms with van der Waals surface area (Å²) >= 11 is 6.05. The third-order valence-corrected chi connectivity index (χ3v) is 6.09. The maximum atomic E-state index is 12.4. The lowest BCUT2D eigenvalue weighted by molar-refractivity contribution is -0.133. The zero-order valence-electron chi connectivity index (χ0n) is 20.9. The topological polar surface area (TPSA) is 95.8 Å². The van der Waals surface area contributed by atoms with Crippen LogP contribution in [-0.4, -0.2) is 58.8 Å². The van der Waals surface area contributed by atoms with E-state index in [0.29, 0.717) is 34.9 Å². The fraction of sp³-hybridized carbons (Fsp3) is 0.214. The first-order valence-corrected chi connectivity index (χ1v) is 12.4. The Morgan fingerprint density at radius 1 is 0.974 bits per heavy atom. The summed E-state index contributed by atoms with van der Waals surface area (Å²) in [6.45, 7) is 1.92. The molecule has 0 saturated heterocycles. The van der Waals surface area contributed by atoms with Crippen LogP contribution in [0, 0.1) is 0 Å². The maximum absolute atomic E-state index is 12.4. The molecule has 0 radical (unpaired) electrons. The second-order valence-corrected chi connectivity index (χ2v) is 9.42. The molecule has 9 nitrogen and oxygen atoms in total. The van der Waals surface area contributed by atoms with Crippen molar-refractivity contribution in [2.45, 2.75) is 13.0 Å². The van der Waals surface area contributed by atoms with Crippen LogP contribution in [0.1, 0.15) is 12.0 Å². The van der Waals surface area contributed by atoms with Gasteiger partial charge in [-0.15, -0.1) is 0 Å². The SMILES string of the molecule is CN(C)CCCOc1ccc(-c2nn(Cc3ccc(Cl)cc3)c3ncc4c(c23)OC(=O)/C=C\C(=O)O4)cc1. The van der Waals surface area contributed by atoms with E-state index in [0.717, 1.165) is 42.0 Å². The Morgan fingerprint density at radius 3 is 2.39 bits per heavy atom. The fourth-order valence-electron chi connectivity index (χ4n) is 4.04. The first kappa shape index (κ1) is 25.4. The summed E-state index contributed by atoms with van der Waals surface area (Å²) in [6.07, 6.45) is 4.30. The number of benzene rings is 2. The summed E-state index contributed by atoms with van der Waals surface area (Å²) in [5, 5.41) is 5.91. The first-order chi connectivity index (χ1) is 18.4. The number of nitrogens with zero attached hydrogens (tertiary/aromatic N) is 4. The molecule has 3 heterocycles. The zero-order valence-corrected chi connectivity index (χ0v) is 21.6. The molecule has 0 N–H and O–H groups in total. The van der Waals surface area contributed by atoms with E-state index in [-0.39, 0.29) is 11.5 Å². The smallest absolute Gasteiger partial charge is 0.336 e. The Morgan fingerprint density at radius 2 is 1.68 bits per heavy atom. The van der Waals surface area contributed by atoms with Gasteiger partial charge in [0.2, 0.25) is 0 Å². The van der Waals surface area contributed by atoms with Gasteiger partial charge < -0.3 is 19.1 Å². The van der Waals surface area contributed by atoms with E-state index in [1.54, 1.807) is 16.8 Å². The van der Waals surface area contributed by atoms with E-state index < -0.39 is 11.9 Å². The van der Waals surface area contributed by atoms with Gasteiger partial charge in [0.15, 0.2) is 17.1 Å². The summed E-state index contributed by atoms with van der Waals surface area (Å²) in [4.78, 5) is 31.1. The average Bonchev–Trinajstić information content (AvgIpc) is 3.26.